The van der Waals surface area contributed by atoms with E-state index in [2.05, 4.69) is 25.5 Å². The zero-order valence-electron chi connectivity index (χ0n) is 12.1. The summed E-state index contributed by atoms with van der Waals surface area (Å²) in [5.41, 5.74) is 1.75. The van der Waals surface area contributed by atoms with Gasteiger partial charge in [0.25, 0.3) is 0 Å². The maximum atomic E-state index is 12.5. The number of benzene rings is 1. The Kier molecular flexibility index (Phi) is 3.55. The molecule has 0 saturated heterocycles. The maximum absolute atomic E-state index is 12.5. The van der Waals surface area contributed by atoms with Crippen molar-refractivity contribution >= 4 is 23.6 Å². The number of hydrogen-bond donors (Lipinski definition) is 2. The quantitative estimate of drug-likeness (QED) is 0.774. The number of pyridine rings is 1. The first-order chi connectivity index (χ1) is 11.3. The van der Waals surface area contributed by atoms with Crippen LogP contribution in [-0.2, 0) is 4.79 Å². The molecule has 3 heterocycles. The van der Waals surface area contributed by atoms with Crippen molar-refractivity contribution in [2.45, 2.75) is 10.8 Å². The van der Waals surface area contributed by atoms with Crippen LogP contribution in [0.2, 0.25) is 0 Å². The molecule has 23 heavy (non-hydrogen) atoms. The van der Waals surface area contributed by atoms with Crippen LogP contribution in [0.25, 0.3) is 11.5 Å². The summed E-state index contributed by atoms with van der Waals surface area (Å²) < 4.78 is 0. The van der Waals surface area contributed by atoms with E-state index in [-0.39, 0.29) is 17.8 Å². The fraction of sp³-hybridized carbons (Fsp3) is 0.125. The topological polar surface area (TPSA) is 83.6 Å². The minimum absolute atomic E-state index is 0.0889. The van der Waals surface area contributed by atoms with Gasteiger partial charge in [0.05, 0.1) is 5.92 Å². The molecule has 0 saturated carbocycles. The van der Waals surface area contributed by atoms with Gasteiger partial charge < -0.3 is 0 Å². The van der Waals surface area contributed by atoms with Crippen LogP contribution < -0.4 is 5.32 Å². The van der Waals surface area contributed by atoms with Crippen LogP contribution >= 0.6 is 11.8 Å². The highest BCUT2D eigenvalue weighted by molar-refractivity contribution is 7.99. The predicted octanol–water partition coefficient (Wildman–Crippen LogP) is 2.69. The summed E-state index contributed by atoms with van der Waals surface area (Å²) >= 11 is 1.70. The highest BCUT2D eigenvalue weighted by atomic mass is 32.2. The number of anilines is 1. The summed E-state index contributed by atoms with van der Waals surface area (Å²) in [4.78, 5) is 22.1. The molecule has 0 radical (unpaired) electrons. The molecule has 2 N–H and O–H groups in total. The molecule has 0 aliphatic carbocycles. The number of fused-ring (bicyclic) bond motifs is 1. The molecule has 4 rings (SSSR count). The number of carbonyl (C=O) groups is 1. The normalized spacial score (nSPS) is 16.1. The number of carbonyl (C=O) groups excluding carboxylic acids is 1. The van der Waals surface area contributed by atoms with Gasteiger partial charge in [0.2, 0.25) is 11.9 Å². The molecule has 1 atom stereocenters. The first kappa shape index (κ1) is 14.0. The SMILES string of the molecule is O=C(Nc1n[nH]c(-c2ccccn2)n1)C1CSc2ccccc21. The van der Waals surface area contributed by atoms with Crippen molar-refractivity contribution in [2.24, 2.45) is 0 Å². The van der Waals surface area contributed by atoms with Gasteiger partial charge in [-0.3, -0.25) is 20.2 Å². The van der Waals surface area contributed by atoms with E-state index >= 15 is 0 Å². The van der Waals surface area contributed by atoms with Crippen molar-refractivity contribution in [3.63, 3.8) is 0 Å². The molecule has 114 valence electrons. The fourth-order valence-corrected chi connectivity index (χ4v) is 3.74. The Bertz CT molecular complexity index is 848. The Morgan fingerprint density at radius 1 is 1.22 bits per heavy atom. The van der Waals surface area contributed by atoms with E-state index < -0.39 is 0 Å². The minimum Gasteiger partial charge on any atom is -0.293 e. The second-order valence-electron chi connectivity index (χ2n) is 5.11. The summed E-state index contributed by atoms with van der Waals surface area (Å²) in [5, 5.41) is 9.62. The van der Waals surface area contributed by atoms with Gasteiger partial charge >= 0.3 is 0 Å². The van der Waals surface area contributed by atoms with E-state index in [9.17, 15) is 4.79 Å². The summed E-state index contributed by atoms with van der Waals surface area (Å²) in [6, 6.07) is 13.5. The van der Waals surface area contributed by atoms with Crippen molar-refractivity contribution < 1.29 is 4.79 Å². The number of amides is 1. The molecule has 0 fully saturated rings. The van der Waals surface area contributed by atoms with E-state index in [0.29, 0.717) is 11.5 Å². The number of thioether (sulfide) groups is 1. The van der Waals surface area contributed by atoms with Crippen molar-refractivity contribution in [3.8, 4) is 11.5 Å². The van der Waals surface area contributed by atoms with Gasteiger partial charge in [0.1, 0.15) is 5.69 Å². The summed E-state index contributed by atoms with van der Waals surface area (Å²) in [6.45, 7) is 0. The third-order valence-corrected chi connectivity index (χ3v) is 4.83. The highest BCUT2D eigenvalue weighted by Crippen LogP contribution is 2.39. The second kappa shape index (κ2) is 5.85. The Morgan fingerprint density at radius 2 is 2.09 bits per heavy atom. The monoisotopic (exact) mass is 323 g/mol. The first-order valence-electron chi connectivity index (χ1n) is 7.17. The van der Waals surface area contributed by atoms with Gasteiger partial charge in [-0.1, -0.05) is 24.3 Å². The van der Waals surface area contributed by atoms with Gasteiger partial charge in [-0.2, -0.15) is 4.98 Å². The van der Waals surface area contributed by atoms with Crippen LogP contribution in [-0.4, -0.2) is 31.8 Å². The molecule has 1 amide bonds. The smallest absolute Gasteiger partial charge is 0.249 e. The lowest BCUT2D eigenvalue weighted by atomic mass is 10.0. The fourth-order valence-electron chi connectivity index (χ4n) is 2.51. The standard InChI is InChI=1S/C16H13N5OS/c22-15(11-9-23-13-7-2-1-5-10(11)13)19-16-18-14(20-21-16)12-6-3-4-8-17-12/h1-8,11H,9H2,(H2,18,19,20,21,22). The summed E-state index contributed by atoms with van der Waals surface area (Å²) in [7, 11) is 0. The largest absolute Gasteiger partial charge is 0.293 e. The van der Waals surface area contributed by atoms with E-state index in [0.717, 1.165) is 16.2 Å². The molecule has 0 bridgehead atoms. The van der Waals surface area contributed by atoms with Crippen LogP contribution in [0.15, 0.2) is 53.6 Å². The molecule has 1 aliphatic heterocycles. The average Bonchev–Trinajstić information content (AvgIpc) is 3.22. The summed E-state index contributed by atoms with van der Waals surface area (Å²) in [6.07, 6.45) is 1.68. The Balaban J connectivity index is 1.51. The molecule has 7 heteroatoms. The molecule has 1 aliphatic rings. The number of aromatic nitrogens is 4. The van der Waals surface area contributed by atoms with Crippen molar-refractivity contribution in [3.05, 3.63) is 54.2 Å². The number of aromatic amines is 1. The molecule has 6 nitrogen and oxygen atoms in total. The predicted molar refractivity (Wildman–Crippen MR) is 88.2 cm³/mol. The number of rotatable bonds is 3. The third-order valence-electron chi connectivity index (χ3n) is 3.64. The second-order valence-corrected chi connectivity index (χ2v) is 6.18. The van der Waals surface area contributed by atoms with Crippen LogP contribution in [0.5, 0.6) is 0 Å². The van der Waals surface area contributed by atoms with Crippen molar-refractivity contribution in [2.75, 3.05) is 11.1 Å². The molecule has 1 aromatic carbocycles. The number of H-pyrrole nitrogens is 1. The maximum Gasteiger partial charge on any atom is 0.249 e. The van der Waals surface area contributed by atoms with E-state index in [1.807, 2.05) is 42.5 Å². The van der Waals surface area contributed by atoms with Crippen molar-refractivity contribution in [1.82, 2.24) is 20.2 Å². The van der Waals surface area contributed by atoms with Crippen LogP contribution in [0.1, 0.15) is 11.5 Å². The molecular weight excluding hydrogens is 310 g/mol. The van der Waals surface area contributed by atoms with E-state index in [1.165, 1.54) is 0 Å². The minimum atomic E-state index is -0.173. The number of nitrogens with zero attached hydrogens (tertiary/aromatic N) is 3. The van der Waals surface area contributed by atoms with Gasteiger partial charge in [-0.15, -0.1) is 16.9 Å². The summed E-state index contributed by atoms with van der Waals surface area (Å²) in [5.74, 6) is 1.28. The Morgan fingerprint density at radius 3 is 2.96 bits per heavy atom. The molecule has 3 aromatic rings. The number of nitrogens with one attached hydrogen (secondary N) is 2. The van der Waals surface area contributed by atoms with Gasteiger partial charge in [0.15, 0.2) is 5.82 Å². The van der Waals surface area contributed by atoms with Crippen LogP contribution in [0.3, 0.4) is 0 Å². The third kappa shape index (κ3) is 2.70. The zero-order valence-corrected chi connectivity index (χ0v) is 12.9. The molecular formula is C16H13N5OS. The number of hydrogen-bond acceptors (Lipinski definition) is 5. The Hall–Kier alpha value is -2.67. The molecule has 0 spiro atoms. The Labute approximate surface area is 136 Å². The van der Waals surface area contributed by atoms with Gasteiger partial charge in [-0.05, 0) is 23.8 Å². The molecule has 2 aromatic heterocycles. The van der Waals surface area contributed by atoms with Gasteiger partial charge in [-0.25, -0.2) is 0 Å². The lowest BCUT2D eigenvalue weighted by Gasteiger charge is -2.08. The van der Waals surface area contributed by atoms with Gasteiger partial charge in [0, 0.05) is 16.8 Å². The lowest BCUT2D eigenvalue weighted by molar-refractivity contribution is -0.117. The first-order valence-corrected chi connectivity index (χ1v) is 8.16. The molecule has 1 unspecified atom stereocenters. The highest BCUT2D eigenvalue weighted by Gasteiger charge is 2.29. The van der Waals surface area contributed by atoms with Crippen LogP contribution in [0, 0.1) is 0 Å². The average molecular weight is 323 g/mol. The zero-order chi connectivity index (χ0) is 15.6. The van der Waals surface area contributed by atoms with Crippen molar-refractivity contribution in [1.29, 1.82) is 0 Å². The van der Waals surface area contributed by atoms with E-state index in [4.69, 9.17) is 0 Å². The van der Waals surface area contributed by atoms with E-state index in [1.54, 1.807) is 18.0 Å². The van der Waals surface area contributed by atoms with Crippen LogP contribution in [0.4, 0.5) is 5.95 Å². The lowest BCUT2D eigenvalue weighted by Crippen LogP contribution is -2.21.